The number of hydrogen-bond acceptors (Lipinski definition) is 3. The zero-order chi connectivity index (χ0) is 13.0. The molecule has 2 heterocycles. The van der Waals surface area contributed by atoms with Crippen molar-refractivity contribution in [3.8, 4) is 0 Å². The lowest BCUT2D eigenvalue weighted by molar-refractivity contribution is 0.429. The first-order valence-corrected chi connectivity index (χ1v) is 6.49. The second-order valence-corrected chi connectivity index (χ2v) is 4.70. The van der Waals surface area contributed by atoms with E-state index in [0.29, 0.717) is 12.1 Å². The van der Waals surface area contributed by atoms with Gasteiger partial charge in [0.2, 0.25) is 0 Å². The van der Waals surface area contributed by atoms with Crippen molar-refractivity contribution in [3.63, 3.8) is 0 Å². The van der Waals surface area contributed by atoms with E-state index in [1.54, 1.807) is 6.26 Å². The molecule has 1 N–H and O–H groups in total. The van der Waals surface area contributed by atoms with Crippen LogP contribution in [0.4, 0.5) is 0 Å². The van der Waals surface area contributed by atoms with E-state index >= 15 is 0 Å². The fourth-order valence-corrected chi connectivity index (χ4v) is 2.09. The molecule has 0 aliphatic carbocycles. The van der Waals surface area contributed by atoms with Crippen molar-refractivity contribution < 1.29 is 4.42 Å². The molecule has 18 heavy (non-hydrogen) atoms. The topological polar surface area (TPSA) is 43.0 Å². The van der Waals surface area contributed by atoms with Gasteiger partial charge in [0.05, 0.1) is 12.5 Å². The number of furan rings is 1. The van der Waals surface area contributed by atoms with Gasteiger partial charge in [-0.3, -0.25) is 4.68 Å². The van der Waals surface area contributed by atoms with Crippen LogP contribution >= 0.6 is 0 Å². The minimum Gasteiger partial charge on any atom is -0.469 e. The van der Waals surface area contributed by atoms with Crippen LogP contribution in [0.15, 0.2) is 35.2 Å². The second-order valence-electron chi connectivity index (χ2n) is 4.70. The third kappa shape index (κ3) is 3.23. The molecule has 98 valence electrons. The highest BCUT2D eigenvalue weighted by Gasteiger charge is 2.12. The molecule has 2 atom stereocenters. The van der Waals surface area contributed by atoms with E-state index < -0.39 is 0 Å². The Balaban J connectivity index is 1.88. The summed E-state index contributed by atoms with van der Waals surface area (Å²) in [4.78, 5) is 0. The first-order valence-electron chi connectivity index (χ1n) is 6.49. The van der Waals surface area contributed by atoms with Gasteiger partial charge in [0.25, 0.3) is 0 Å². The Kier molecular flexibility index (Phi) is 4.20. The third-order valence-electron chi connectivity index (χ3n) is 3.10. The maximum atomic E-state index is 5.36. The third-order valence-corrected chi connectivity index (χ3v) is 3.10. The quantitative estimate of drug-likeness (QED) is 0.853. The molecule has 2 unspecified atom stereocenters. The van der Waals surface area contributed by atoms with E-state index in [-0.39, 0.29) is 0 Å². The van der Waals surface area contributed by atoms with Crippen molar-refractivity contribution in [2.24, 2.45) is 0 Å². The van der Waals surface area contributed by atoms with E-state index in [1.165, 1.54) is 5.56 Å². The van der Waals surface area contributed by atoms with Crippen molar-refractivity contribution in [3.05, 3.63) is 42.1 Å². The Bertz CT molecular complexity index is 461. The Labute approximate surface area is 108 Å². The molecule has 2 aromatic heterocycles. The van der Waals surface area contributed by atoms with Crippen LogP contribution in [0.5, 0.6) is 0 Å². The van der Waals surface area contributed by atoms with Gasteiger partial charge in [-0.1, -0.05) is 0 Å². The number of nitrogens with zero attached hydrogens (tertiary/aromatic N) is 2. The van der Waals surface area contributed by atoms with Crippen LogP contribution in [0.25, 0.3) is 0 Å². The van der Waals surface area contributed by atoms with Crippen molar-refractivity contribution in [2.75, 3.05) is 0 Å². The van der Waals surface area contributed by atoms with E-state index in [2.05, 4.69) is 37.4 Å². The van der Waals surface area contributed by atoms with Crippen molar-refractivity contribution in [2.45, 2.75) is 45.8 Å². The summed E-state index contributed by atoms with van der Waals surface area (Å²) in [6, 6.07) is 4.61. The van der Waals surface area contributed by atoms with E-state index in [1.807, 2.05) is 23.0 Å². The zero-order valence-electron chi connectivity index (χ0n) is 11.3. The van der Waals surface area contributed by atoms with Gasteiger partial charge in [-0.15, -0.1) is 0 Å². The minimum absolute atomic E-state index is 0.301. The average molecular weight is 247 g/mol. The molecule has 0 saturated carbocycles. The first-order chi connectivity index (χ1) is 8.69. The molecule has 0 radical (unpaired) electrons. The summed E-state index contributed by atoms with van der Waals surface area (Å²) in [5.41, 5.74) is 1.23. The summed E-state index contributed by atoms with van der Waals surface area (Å²) in [6.45, 7) is 7.34. The van der Waals surface area contributed by atoms with E-state index in [0.717, 1.165) is 18.7 Å². The molecule has 4 heteroatoms. The molecule has 2 aromatic rings. The molecule has 0 aliphatic rings. The molecule has 2 rings (SSSR count). The first kappa shape index (κ1) is 12.9. The number of nitrogens with one attached hydrogen (secondary N) is 1. The van der Waals surface area contributed by atoms with Crippen LogP contribution < -0.4 is 5.32 Å². The summed E-state index contributed by atoms with van der Waals surface area (Å²) in [5.74, 6) is 1.02. The molecule has 0 saturated heterocycles. The predicted molar refractivity (Wildman–Crippen MR) is 71.3 cm³/mol. The highest BCUT2D eigenvalue weighted by Crippen LogP contribution is 2.13. The minimum atomic E-state index is 0.301. The maximum Gasteiger partial charge on any atom is 0.105 e. The van der Waals surface area contributed by atoms with Gasteiger partial charge in [0.1, 0.15) is 5.76 Å². The lowest BCUT2D eigenvalue weighted by atomic mass is 10.1. The van der Waals surface area contributed by atoms with Crippen LogP contribution in [-0.4, -0.2) is 15.8 Å². The van der Waals surface area contributed by atoms with Gasteiger partial charge < -0.3 is 9.73 Å². The Hall–Kier alpha value is -1.55. The fraction of sp³-hybridized carbons (Fsp3) is 0.500. The van der Waals surface area contributed by atoms with Gasteiger partial charge in [-0.2, -0.15) is 5.10 Å². The summed E-state index contributed by atoms with van der Waals surface area (Å²) >= 11 is 0. The lowest BCUT2D eigenvalue weighted by Crippen LogP contribution is -2.30. The van der Waals surface area contributed by atoms with Crippen LogP contribution in [0.3, 0.4) is 0 Å². The largest absolute Gasteiger partial charge is 0.469 e. The summed E-state index contributed by atoms with van der Waals surface area (Å²) < 4.78 is 7.31. The van der Waals surface area contributed by atoms with Gasteiger partial charge in [-0.25, -0.2) is 0 Å². The van der Waals surface area contributed by atoms with Crippen molar-refractivity contribution in [1.82, 2.24) is 15.1 Å². The molecular formula is C14H21N3O. The molecular weight excluding hydrogens is 226 g/mol. The highest BCUT2D eigenvalue weighted by molar-refractivity contribution is 5.10. The fourth-order valence-electron chi connectivity index (χ4n) is 2.09. The van der Waals surface area contributed by atoms with E-state index in [4.69, 9.17) is 4.42 Å². The SMILES string of the molecule is CCn1cc(C(C)NC(C)Cc2ccco2)cn1. The number of aromatic nitrogens is 2. The van der Waals surface area contributed by atoms with Gasteiger partial charge in [-0.05, 0) is 32.9 Å². The van der Waals surface area contributed by atoms with Crippen LogP contribution in [0.2, 0.25) is 0 Å². The monoisotopic (exact) mass is 247 g/mol. The summed E-state index contributed by atoms with van der Waals surface area (Å²) in [6.07, 6.45) is 6.65. The van der Waals surface area contributed by atoms with Gasteiger partial charge in [0, 0.05) is 36.8 Å². The molecule has 4 nitrogen and oxygen atoms in total. The number of hydrogen-bond donors (Lipinski definition) is 1. The maximum absolute atomic E-state index is 5.36. The van der Waals surface area contributed by atoms with Gasteiger partial charge >= 0.3 is 0 Å². The van der Waals surface area contributed by atoms with Crippen LogP contribution in [-0.2, 0) is 13.0 Å². The smallest absolute Gasteiger partial charge is 0.105 e. The summed E-state index contributed by atoms with van der Waals surface area (Å²) in [7, 11) is 0. The van der Waals surface area contributed by atoms with Crippen LogP contribution in [0.1, 0.15) is 38.1 Å². The van der Waals surface area contributed by atoms with Crippen molar-refractivity contribution >= 4 is 0 Å². The summed E-state index contributed by atoms with van der Waals surface area (Å²) in [5, 5.41) is 7.86. The molecule has 0 bridgehead atoms. The normalized spacial score (nSPS) is 14.6. The molecule has 0 fully saturated rings. The molecule has 0 amide bonds. The highest BCUT2D eigenvalue weighted by atomic mass is 16.3. The molecule has 0 aromatic carbocycles. The van der Waals surface area contributed by atoms with E-state index in [9.17, 15) is 0 Å². The number of rotatable bonds is 6. The standard InChI is InChI=1S/C14H21N3O/c1-4-17-10-13(9-15-17)12(3)16-11(2)8-14-6-5-7-18-14/h5-7,9-12,16H,4,8H2,1-3H3. The Morgan fingerprint density at radius 3 is 2.89 bits per heavy atom. The lowest BCUT2D eigenvalue weighted by Gasteiger charge is -2.18. The second kappa shape index (κ2) is 5.87. The number of aryl methyl sites for hydroxylation is 1. The average Bonchev–Trinajstić information content (AvgIpc) is 2.98. The Morgan fingerprint density at radius 1 is 1.44 bits per heavy atom. The molecule has 0 aliphatic heterocycles. The Morgan fingerprint density at radius 2 is 2.28 bits per heavy atom. The predicted octanol–water partition coefficient (Wildman–Crippen LogP) is 2.78. The van der Waals surface area contributed by atoms with Crippen LogP contribution in [0, 0.1) is 0 Å². The zero-order valence-corrected chi connectivity index (χ0v) is 11.3. The van der Waals surface area contributed by atoms with Gasteiger partial charge in [0.15, 0.2) is 0 Å². The van der Waals surface area contributed by atoms with Crippen molar-refractivity contribution in [1.29, 1.82) is 0 Å². The molecule has 0 spiro atoms.